The van der Waals surface area contributed by atoms with Crippen LogP contribution < -0.4 is 0 Å². The van der Waals surface area contributed by atoms with Gasteiger partial charge in [0, 0.05) is 16.7 Å². The van der Waals surface area contributed by atoms with Crippen LogP contribution in [0.5, 0.6) is 0 Å². The lowest BCUT2D eigenvalue weighted by atomic mass is 9.87. The zero-order valence-corrected chi connectivity index (χ0v) is 10.7. The first kappa shape index (κ1) is 17.9. The number of alkyl halides is 9. The minimum absolute atomic E-state index is 0.0295. The third kappa shape index (κ3) is 2.79. The molecule has 1 unspecified atom stereocenters. The van der Waals surface area contributed by atoms with Crippen LogP contribution in [0, 0.1) is 13.0 Å². The first-order chi connectivity index (χ1) is 9.14. The fraction of sp³-hybridized carbons (Fsp3) is 0.455. The van der Waals surface area contributed by atoms with E-state index < -0.39 is 34.5 Å². The number of hydrogen-bond acceptors (Lipinski definition) is 0. The average molecular weight is 344 g/mol. The van der Waals surface area contributed by atoms with Gasteiger partial charge in [-0.15, -0.1) is 0 Å². The molecular weight excluding hydrogens is 339 g/mol. The van der Waals surface area contributed by atoms with Crippen molar-refractivity contribution in [2.75, 3.05) is 0 Å². The maximum absolute atomic E-state index is 14.0. The Morgan fingerprint density at radius 3 is 1.67 bits per heavy atom. The molecule has 0 saturated carbocycles. The van der Waals surface area contributed by atoms with Gasteiger partial charge in [0.25, 0.3) is 0 Å². The Hall–Kier alpha value is -1.12. The zero-order chi connectivity index (χ0) is 16.9. The van der Waals surface area contributed by atoms with Crippen molar-refractivity contribution in [2.45, 2.75) is 30.9 Å². The third-order valence-electron chi connectivity index (χ3n) is 2.55. The largest absolute Gasteiger partial charge is 0.457 e. The summed E-state index contributed by atoms with van der Waals surface area (Å²) in [6, 6.07) is 2.34. The molecule has 0 aliphatic heterocycles. The van der Waals surface area contributed by atoms with E-state index in [0.717, 1.165) is 6.92 Å². The Morgan fingerprint density at radius 1 is 0.857 bits per heavy atom. The monoisotopic (exact) mass is 343 g/mol. The highest BCUT2D eigenvalue weighted by atomic mass is 35.5. The molecular formula is C11H5ClF9. The van der Waals surface area contributed by atoms with E-state index in [4.69, 9.17) is 11.6 Å². The van der Waals surface area contributed by atoms with E-state index in [0.29, 0.717) is 0 Å². The van der Waals surface area contributed by atoms with Gasteiger partial charge in [0.1, 0.15) is 0 Å². The second-order valence-electron chi connectivity index (χ2n) is 4.13. The fourth-order valence-corrected chi connectivity index (χ4v) is 1.86. The van der Waals surface area contributed by atoms with Crippen molar-refractivity contribution in [1.82, 2.24) is 0 Å². The van der Waals surface area contributed by atoms with Gasteiger partial charge < -0.3 is 0 Å². The van der Waals surface area contributed by atoms with Gasteiger partial charge in [-0.2, -0.15) is 35.1 Å². The normalized spacial score (nSPS) is 16.7. The molecule has 10 heteroatoms. The van der Waals surface area contributed by atoms with E-state index in [1.54, 1.807) is 0 Å². The molecule has 0 nitrogen and oxygen atoms in total. The zero-order valence-electron chi connectivity index (χ0n) is 9.93. The summed E-state index contributed by atoms with van der Waals surface area (Å²) in [5.41, 5.74) is -8.25. The lowest BCUT2D eigenvalue weighted by molar-refractivity contribution is -0.389. The van der Waals surface area contributed by atoms with Crippen LogP contribution in [-0.2, 0) is 5.67 Å². The van der Waals surface area contributed by atoms with Crippen molar-refractivity contribution in [3.05, 3.63) is 34.3 Å². The van der Waals surface area contributed by atoms with Gasteiger partial charge in [0.2, 0.25) is 0 Å². The molecule has 0 amide bonds. The SMILES string of the molecule is Cc1[c]c(Cl)cc(C(F)(C(F)(F)F)C(F)(F)C(F)(F)F)c1. The molecule has 1 aromatic carbocycles. The molecule has 1 radical (unpaired) electrons. The molecule has 21 heavy (non-hydrogen) atoms. The second kappa shape index (κ2) is 4.96. The summed E-state index contributed by atoms with van der Waals surface area (Å²) in [4.78, 5) is 0. The fourth-order valence-electron chi connectivity index (χ4n) is 1.59. The van der Waals surface area contributed by atoms with Crippen molar-refractivity contribution in [1.29, 1.82) is 0 Å². The molecule has 0 bridgehead atoms. The number of aryl methyl sites for hydroxylation is 1. The number of rotatable bonds is 2. The minimum atomic E-state index is -6.75. The highest BCUT2D eigenvalue weighted by Gasteiger charge is 2.81. The summed E-state index contributed by atoms with van der Waals surface area (Å²) in [6.45, 7) is 1.01. The highest BCUT2D eigenvalue weighted by Crippen LogP contribution is 2.58. The van der Waals surface area contributed by atoms with Crippen molar-refractivity contribution >= 4 is 11.6 Å². The van der Waals surface area contributed by atoms with E-state index in [9.17, 15) is 39.5 Å². The molecule has 0 aliphatic carbocycles. The highest BCUT2D eigenvalue weighted by molar-refractivity contribution is 6.30. The van der Waals surface area contributed by atoms with E-state index in [-0.39, 0.29) is 17.7 Å². The molecule has 1 rings (SSSR count). The maximum Gasteiger partial charge on any atom is 0.457 e. The van der Waals surface area contributed by atoms with Crippen molar-refractivity contribution < 1.29 is 39.5 Å². The Kier molecular flexibility index (Phi) is 4.24. The molecule has 0 N–H and O–H groups in total. The topological polar surface area (TPSA) is 0 Å². The molecule has 119 valence electrons. The Balaban J connectivity index is 3.71. The molecule has 0 saturated heterocycles. The molecule has 0 fully saturated rings. The second-order valence-corrected chi connectivity index (χ2v) is 4.54. The van der Waals surface area contributed by atoms with Gasteiger partial charge in [-0.3, -0.25) is 0 Å². The first-order valence-electron chi connectivity index (χ1n) is 5.04. The first-order valence-corrected chi connectivity index (χ1v) is 5.42. The summed E-state index contributed by atoms with van der Waals surface area (Å²) < 4.78 is 115. The molecule has 0 aromatic heterocycles. The van der Waals surface area contributed by atoms with Crippen LogP contribution in [0.2, 0.25) is 5.02 Å². The Bertz CT molecular complexity index is 511. The van der Waals surface area contributed by atoms with Gasteiger partial charge >= 0.3 is 23.9 Å². The lowest BCUT2D eigenvalue weighted by Crippen LogP contribution is -2.59. The van der Waals surface area contributed by atoms with Crippen molar-refractivity contribution in [3.8, 4) is 0 Å². The predicted octanol–water partition coefficient (Wildman–Crippen LogP) is 5.37. The summed E-state index contributed by atoms with van der Waals surface area (Å²) >= 11 is 5.25. The van der Waals surface area contributed by atoms with Gasteiger partial charge in [-0.1, -0.05) is 17.7 Å². The summed E-state index contributed by atoms with van der Waals surface area (Å²) in [6.07, 6.45) is -13.3. The van der Waals surface area contributed by atoms with Crippen LogP contribution >= 0.6 is 11.6 Å². The summed E-state index contributed by atoms with van der Waals surface area (Å²) in [5.74, 6) is -6.70. The molecule has 0 aliphatic rings. The summed E-state index contributed by atoms with van der Waals surface area (Å²) in [7, 11) is 0. The Morgan fingerprint density at radius 2 is 1.33 bits per heavy atom. The summed E-state index contributed by atoms with van der Waals surface area (Å²) in [5, 5.41) is -0.728. The van der Waals surface area contributed by atoms with E-state index in [1.165, 1.54) is 0 Å². The van der Waals surface area contributed by atoms with E-state index in [2.05, 4.69) is 6.07 Å². The number of halogens is 10. The van der Waals surface area contributed by atoms with Crippen LogP contribution in [0.3, 0.4) is 0 Å². The molecule has 1 atom stereocenters. The minimum Gasteiger partial charge on any atom is -0.221 e. The number of benzene rings is 1. The standard InChI is InChI=1S/C11H5ClF9/c1-5-2-6(4-7(12)3-5)8(13,10(16,17)18)9(14,15)11(19,20)21/h2,4H,1H3. The van der Waals surface area contributed by atoms with Gasteiger partial charge in [-0.25, -0.2) is 4.39 Å². The van der Waals surface area contributed by atoms with Crippen LogP contribution in [0.15, 0.2) is 12.1 Å². The quantitative estimate of drug-likeness (QED) is 0.633. The number of hydrogen-bond donors (Lipinski definition) is 0. The smallest absolute Gasteiger partial charge is 0.221 e. The van der Waals surface area contributed by atoms with Crippen molar-refractivity contribution in [2.24, 2.45) is 0 Å². The van der Waals surface area contributed by atoms with Crippen LogP contribution in [0.1, 0.15) is 11.1 Å². The average Bonchev–Trinajstić information content (AvgIpc) is 2.22. The van der Waals surface area contributed by atoms with E-state index in [1.807, 2.05) is 0 Å². The van der Waals surface area contributed by atoms with Gasteiger partial charge in [-0.05, 0) is 18.6 Å². The van der Waals surface area contributed by atoms with Gasteiger partial charge in [0.05, 0.1) is 0 Å². The predicted molar refractivity (Wildman–Crippen MR) is 54.9 cm³/mol. The molecule has 0 heterocycles. The van der Waals surface area contributed by atoms with Crippen LogP contribution in [-0.4, -0.2) is 18.3 Å². The Labute approximate surface area is 117 Å². The third-order valence-corrected chi connectivity index (χ3v) is 2.75. The molecule has 0 spiro atoms. The van der Waals surface area contributed by atoms with Crippen LogP contribution in [0.25, 0.3) is 0 Å². The lowest BCUT2D eigenvalue weighted by Gasteiger charge is -2.36. The van der Waals surface area contributed by atoms with E-state index >= 15 is 0 Å². The maximum atomic E-state index is 14.0. The van der Waals surface area contributed by atoms with Gasteiger partial charge in [0.15, 0.2) is 0 Å². The van der Waals surface area contributed by atoms with Crippen LogP contribution in [0.4, 0.5) is 39.5 Å². The van der Waals surface area contributed by atoms with Crippen molar-refractivity contribution in [3.63, 3.8) is 0 Å². The molecule has 1 aromatic rings.